The van der Waals surface area contributed by atoms with Crippen LogP contribution in [0.5, 0.6) is 5.75 Å². The summed E-state index contributed by atoms with van der Waals surface area (Å²) in [7, 11) is 3.64. The zero-order valence-electron chi connectivity index (χ0n) is 33.4. The van der Waals surface area contributed by atoms with Crippen molar-refractivity contribution < 1.29 is 33.3 Å². The number of nitrogens with one attached hydrogen (secondary N) is 1. The number of fused-ring (bicyclic) bond motifs is 1. The van der Waals surface area contributed by atoms with Crippen molar-refractivity contribution in [3.05, 3.63) is 29.8 Å². The summed E-state index contributed by atoms with van der Waals surface area (Å²) in [5, 5.41) is 2.80. The fraction of sp³-hybridized carbons (Fsp3) is 0.810. The molecule has 1 amide bonds. The lowest BCUT2D eigenvalue weighted by molar-refractivity contribution is -0.193. The SMILES string of the molecule is CCCCCCCCCCCCCCCC(=O)O[C@@H]1[C@H]2OC(c3ccc(OC)cc3)O[C@H]2[C@@H]([C@H](NC(=O)[C@@H]2C[C@@H](CCC)CN2C)[C@H](C)Cl)O[C@@H]1SC. The number of unbranched alkanes of at least 4 members (excludes halogenated alkanes) is 12. The standard InChI is InChI=1S/C42H69ClN2O7S/c1-7-9-10-11-12-13-14-15-16-17-18-19-20-22-34(46)49-39-38-37(50-41(51-38)31-23-25-32(48-5)26-24-31)36(52-42(39)53-6)35(29(3)43)44-40(47)33-27-30(21-8-2)28-45(33)4/h23-26,29-30,33,35-39,41-42H,7-22,27-28H2,1-6H3,(H,44,47)/t29-,30+,33-,35+,36+,37-,38-,39+,41?,42+/m0/s1. The first-order valence-electron chi connectivity index (χ1n) is 20.7. The number of nitrogens with zero attached hydrogens (tertiary/aromatic N) is 1. The van der Waals surface area contributed by atoms with Crippen LogP contribution in [-0.4, -0.2) is 91.0 Å². The molecule has 0 radical (unpaired) electrons. The molecule has 0 spiro atoms. The van der Waals surface area contributed by atoms with E-state index in [1.165, 1.54) is 76.0 Å². The summed E-state index contributed by atoms with van der Waals surface area (Å²) in [5.41, 5.74) is 0.277. The van der Waals surface area contributed by atoms with E-state index in [-0.39, 0.29) is 17.9 Å². The first kappa shape index (κ1) is 44.2. The molecular formula is C42H69ClN2O7S. The minimum Gasteiger partial charge on any atom is -0.497 e. The number of carbonyl (C=O) groups excluding carboxylic acids is 2. The number of benzene rings is 1. The third-order valence-electron chi connectivity index (χ3n) is 11.3. The van der Waals surface area contributed by atoms with Gasteiger partial charge in [0.2, 0.25) is 5.91 Å². The lowest BCUT2D eigenvalue weighted by Gasteiger charge is -2.44. The first-order valence-corrected chi connectivity index (χ1v) is 22.4. The maximum atomic E-state index is 13.8. The minimum absolute atomic E-state index is 0.0542. The van der Waals surface area contributed by atoms with Gasteiger partial charge in [-0.15, -0.1) is 23.4 Å². The molecule has 1 aromatic carbocycles. The van der Waals surface area contributed by atoms with Crippen LogP contribution in [-0.2, 0) is 28.5 Å². The maximum absolute atomic E-state index is 13.8. The van der Waals surface area contributed by atoms with E-state index in [2.05, 4.69) is 24.1 Å². The molecule has 10 atom stereocenters. The van der Waals surface area contributed by atoms with Gasteiger partial charge in [-0.2, -0.15) is 0 Å². The van der Waals surface area contributed by atoms with Crippen molar-refractivity contribution in [1.29, 1.82) is 0 Å². The van der Waals surface area contributed by atoms with Crippen molar-refractivity contribution in [2.75, 3.05) is 27.0 Å². The third-order valence-corrected chi connectivity index (χ3v) is 12.4. The van der Waals surface area contributed by atoms with Crippen molar-refractivity contribution in [1.82, 2.24) is 10.2 Å². The molecule has 9 nitrogen and oxygen atoms in total. The maximum Gasteiger partial charge on any atom is 0.306 e. The van der Waals surface area contributed by atoms with E-state index in [0.29, 0.717) is 12.3 Å². The molecular weight excluding hydrogens is 712 g/mol. The molecule has 3 aliphatic heterocycles. The Labute approximate surface area is 329 Å². The van der Waals surface area contributed by atoms with E-state index in [4.69, 9.17) is 35.3 Å². The Morgan fingerprint density at radius 1 is 0.906 bits per heavy atom. The molecule has 1 aromatic rings. The van der Waals surface area contributed by atoms with Gasteiger partial charge in [-0.3, -0.25) is 14.5 Å². The van der Waals surface area contributed by atoms with Gasteiger partial charge in [0.25, 0.3) is 0 Å². The van der Waals surface area contributed by atoms with E-state index in [9.17, 15) is 9.59 Å². The van der Waals surface area contributed by atoms with Crippen LogP contribution in [0.3, 0.4) is 0 Å². The van der Waals surface area contributed by atoms with Crippen LogP contribution in [0.2, 0.25) is 0 Å². The smallest absolute Gasteiger partial charge is 0.306 e. The number of ether oxygens (including phenoxy) is 5. The molecule has 3 fully saturated rings. The number of alkyl halides is 1. The number of halogens is 1. The van der Waals surface area contributed by atoms with Crippen molar-refractivity contribution in [2.45, 2.75) is 184 Å². The third kappa shape index (κ3) is 13.3. The molecule has 3 heterocycles. The average Bonchev–Trinajstić information content (AvgIpc) is 3.77. The summed E-state index contributed by atoms with van der Waals surface area (Å²) in [6, 6.07) is 6.75. The molecule has 0 bridgehead atoms. The van der Waals surface area contributed by atoms with E-state index in [1.54, 1.807) is 7.11 Å². The number of esters is 1. The number of rotatable bonds is 24. The Morgan fingerprint density at radius 3 is 2.08 bits per heavy atom. The Hall–Kier alpha value is -1.56. The highest BCUT2D eigenvalue weighted by atomic mass is 35.5. The predicted molar refractivity (Wildman–Crippen MR) is 215 cm³/mol. The van der Waals surface area contributed by atoms with Crippen LogP contribution < -0.4 is 10.1 Å². The van der Waals surface area contributed by atoms with Gasteiger partial charge in [-0.25, -0.2) is 0 Å². The molecule has 0 aliphatic carbocycles. The second-order valence-electron chi connectivity index (χ2n) is 15.5. The molecule has 3 saturated heterocycles. The van der Waals surface area contributed by atoms with Gasteiger partial charge in [0.1, 0.15) is 29.5 Å². The normalized spacial score (nSPS) is 28.4. The Morgan fingerprint density at radius 2 is 1.51 bits per heavy atom. The van der Waals surface area contributed by atoms with Gasteiger partial charge in [-0.1, -0.05) is 109 Å². The molecule has 53 heavy (non-hydrogen) atoms. The number of thioether (sulfide) groups is 1. The van der Waals surface area contributed by atoms with Crippen molar-refractivity contribution in [3.63, 3.8) is 0 Å². The number of likely N-dealkylation sites (tertiary alicyclic amines) is 1. The molecule has 1 N–H and O–H groups in total. The fourth-order valence-corrected chi connectivity index (χ4v) is 9.16. The van der Waals surface area contributed by atoms with Gasteiger partial charge in [0.05, 0.1) is 24.6 Å². The highest BCUT2D eigenvalue weighted by molar-refractivity contribution is 7.99. The average molecular weight is 782 g/mol. The summed E-state index contributed by atoms with van der Waals surface area (Å²) < 4.78 is 31.5. The number of likely N-dealkylation sites (N-methyl/N-ethyl adjacent to an activating group) is 1. The van der Waals surface area contributed by atoms with Crippen LogP contribution >= 0.6 is 23.4 Å². The first-order chi connectivity index (χ1) is 25.7. The van der Waals surface area contributed by atoms with Crippen LogP contribution in [0.15, 0.2) is 24.3 Å². The highest BCUT2D eigenvalue weighted by Gasteiger charge is 2.57. The fourth-order valence-electron chi connectivity index (χ4n) is 8.23. The minimum atomic E-state index is -0.720. The molecule has 11 heteroatoms. The molecule has 1 unspecified atom stereocenters. The van der Waals surface area contributed by atoms with Crippen molar-refractivity contribution in [2.24, 2.45) is 5.92 Å². The lowest BCUT2D eigenvalue weighted by atomic mass is 9.92. The van der Waals surface area contributed by atoms with E-state index < -0.39 is 47.6 Å². The molecule has 3 aliphatic rings. The number of hydrogen-bond acceptors (Lipinski definition) is 9. The van der Waals surface area contributed by atoms with E-state index in [1.807, 2.05) is 44.5 Å². The van der Waals surface area contributed by atoms with Crippen LogP contribution in [0.1, 0.15) is 142 Å². The van der Waals surface area contributed by atoms with Gasteiger partial charge in [0.15, 0.2) is 12.4 Å². The second-order valence-corrected chi connectivity index (χ2v) is 17.1. The Balaban J connectivity index is 1.36. The van der Waals surface area contributed by atoms with Gasteiger partial charge >= 0.3 is 5.97 Å². The summed E-state index contributed by atoms with van der Waals surface area (Å²) >= 11 is 8.33. The number of carbonyl (C=O) groups is 2. The quantitative estimate of drug-likeness (QED) is 0.0626. The summed E-state index contributed by atoms with van der Waals surface area (Å²) in [6.07, 6.45) is 18.2. The second kappa shape index (κ2) is 23.5. The zero-order valence-corrected chi connectivity index (χ0v) is 35.0. The number of hydrogen-bond donors (Lipinski definition) is 1. The van der Waals surface area contributed by atoms with Crippen molar-refractivity contribution in [3.8, 4) is 5.75 Å². The van der Waals surface area contributed by atoms with Gasteiger partial charge in [-0.05, 0) is 57.5 Å². The largest absolute Gasteiger partial charge is 0.497 e. The Kier molecular flexibility index (Phi) is 19.6. The van der Waals surface area contributed by atoms with Crippen LogP contribution in [0, 0.1) is 5.92 Å². The number of methoxy groups -OCH3 is 1. The number of amides is 1. The lowest BCUT2D eigenvalue weighted by Crippen LogP contribution is -2.65. The topological polar surface area (TPSA) is 95.6 Å². The molecule has 0 saturated carbocycles. The highest BCUT2D eigenvalue weighted by Crippen LogP contribution is 2.44. The van der Waals surface area contributed by atoms with Crippen LogP contribution in [0.25, 0.3) is 0 Å². The monoisotopic (exact) mass is 780 g/mol. The van der Waals surface area contributed by atoms with E-state index >= 15 is 0 Å². The van der Waals surface area contributed by atoms with Crippen LogP contribution in [0.4, 0.5) is 0 Å². The summed E-state index contributed by atoms with van der Waals surface area (Å²) in [5.74, 6) is 0.915. The van der Waals surface area contributed by atoms with Gasteiger partial charge < -0.3 is 29.0 Å². The van der Waals surface area contributed by atoms with Crippen molar-refractivity contribution >= 4 is 35.2 Å². The zero-order chi connectivity index (χ0) is 38.2. The van der Waals surface area contributed by atoms with Gasteiger partial charge in [0, 0.05) is 18.5 Å². The molecule has 302 valence electrons. The summed E-state index contributed by atoms with van der Waals surface area (Å²) in [6.45, 7) is 7.22. The molecule has 4 rings (SSSR count). The van der Waals surface area contributed by atoms with E-state index in [0.717, 1.165) is 56.4 Å². The Bertz CT molecular complexity index is 1210. The predicted octanol–water partition coefficient (Wildman–Crippen LogP) is 9.19. The molecule has 0 aromatic heterocycles. The summed E-state index contributed by atoms with van der Waals surface area (Å²) in [4.78, 5) is 29.3.